The van der Waals surface area contributed by atoms with Crippen LogP contribution in [0, 0.1) is 0 Å². The number of hydrogen-bond acceptors (Lipinski definition) is 3. The van der Waals surface area contributed by atoms with Crippen LogP contribution in [0.1, 0.15) is 19.8 Å². The molecule has 2 aliphatic rings. The number of carbonyl (C=O) groups is 1. The Bertz CT molecular complexity index is 505. The van der Waals surface area contributed by atoms with E-state index < -0.39 is 17.8 Å². The van der Waals surface area contributed by atoms with Crippen molar-refractivity contribution >= 4 is 11.6 Å². The summed E-state index contributed by atoms with van der Waals surface area (Å²) >= 11 is 0. The molecule has 2 heterocycles. The highest BCUT2D eigenvalue weighted by molar-refractivity contribution is 6.26. The molecule has 2 aliphatic heterocycles. The van der Waals surface area contributed by atoms with Crippen LogP contribution in [-0.2, 0) is 4.79 Å². The number of amides is 1. The number of hydrogen-bond donors (Lipinski definition) is 0. The van der Waals surface area contributed by atoms with E-state index in [0.29, 0.717) is 0 Å². The van der Waals surface area contributed by atoms with Gasteiger partial charge in [-0.2, -0.15) is 18.3 Å². The molecule has 0 aliphatic carbocycles. The second-order valence-electron chi connectivity index (χ2n) is 4.73. The van der Waals surface area contributed by atoms with Gasteiger partial charge in [-0.1, -0.05) is 0 Å². The van der Waals surface area contributed by atoms with Gasteiger partial charge >= 0.3 is 6.18 Å². The summed E-state index contributed by atoms with van der Waals surface area (Å²) in [5.41, 5.74) is -0.559. The van der Waals surface area contributed by atoms with Crippen LogP contribution in [0.25, 0.3) is 0 Å². The lowest BCUT2D eigenvalue weighted by atomic mass is 10.1. The average Bonchev–Trinajstić information content (AvgIpc) is 2.90. The van der Waals surface area contributed by atoms with E-state index >= 15 is 0 Å². The van der Waals surface area contributed by atoms with Crippen molar-refractivity contribution in [2.24, 2.45) is 5.10 Å². The van der Waals surface area contributed by atoms with Crippen molar-refractivity contribution in [2.75, 3.05) is 20.1 Å². The summed E-state index contributed by atoms with van der Waals surface area (Å²) in [6.07, 6.45) is -0.0150. The van der Waals surface area contributed by atoms with Gasteiger partial charge in [-0.15, -0.1) is 0 Å². The van der Waals surface area contributed by atoms with Crippen LogP contribution < -0.4 is 0 Å². The van der Waals surface area contributed by atoms with Gasteiger partial charge in [0.25, 0.3) is 5.91 Å². The van der Waals surface area contributed by atoms with Crippen LogP contribution in [0.4, 0.5) is 13.2 Å². The number of halogens is 3. The van der Waals surface area contributed by atoms with Gasteiger partial charge in [-0.05, 0) is 31.9 Å². The summed E-state index contributed by atoms with van der Waals surface area (Å²) < 4.78 is 38.7. The highest BCUT2D eigenvalue weighted by Crippen LogP contribution is 2.29. The molecule has 1 fully saturated rings. The largest absolute Gasteiger partial charge is 0.435 e. The second kappa shape index (κ2) is 5.30. The van der Waals surface area contributed by atoms with E-state index in [2.05, 4.69) is 5.10 Å². The third-order valence-electron chi connectivity index (χ3n) is 3.37. The summed E-state index contributed by atoms with van der Waals surface area (Å²) in [5.74, 6) is -0.697. The fraction of sp³-hybridized carbons (Fsp3) is 0.538. The summed E-state index contributed by atoms with van der Waals surface area (Å²) in [6.45, 7) is 2.58. The smallest absolute Gasteiger partial charge is 0.378 e. The fourth-order valence-corrected chi connectivity index (χ4v) is 2.26. The molecule has 1 amide bonds. The first-order chi connectivity index (χ1) is 9.34. The average molecular weight is 287 g/mol. The number of alkyl halides is 3. The molecule has 4 nitrogen and oxygen atoms in total. The van der Waals surface area contributed by atoms with Gasteiger partial charge in [0.05, 0.1) is 5.57 Å². The van der Waals surface area contributed by atoms with E-state index in [1.807, 2.05) is 11.9 Å². The highest BCUT2D eigenvalue weighted by atomic mass is 19.4. The maximum Gasteiger partial charge on any atom is 0.435 e. The lowest BCUT2D eigenvalue weighted by molar-refractivity contribution is -0.125. The van der Waals surface area contributed by atoms with Gasteiger partial charge in [-0.25, -0.2) is 5.01 Å². The van der Waals surface area contributed by atoms with Crippen molar-refractivity contribution < 1.29 is 18.0 Å². The summed E-state index contributed by atoms with van der Waals surface area (Å²) in [6, 6.07) is 0. The minimum absolute atomic E-state index is 0.117. The molecular formula is C13H16F3N3O. The third kappa shape index (κ3) is 2.71. The first-order valence-corrected chi connectivity index (χ1v) is 6.44. The molecule has 0 aromatic heterocycles. The third-order valence-corrected chi connectivity index (χ3v) is 3.37. The highest BCUT2D eigenvalue weighted by Gasteiger charge is 2.45. The Kier molecular flexibility index (Phi) is 3.87. The molecule has 1 saturated heterocycles. The van der Waals surface area contributed by atoms with Crippen LogP contribution >= 0.6 is 0 Å². The predicted octanol–water partition coefficient (Wildman–Crippen LogP) is 2.30. The van der Waals surface area contributed by atoms with E-state index in [0.717, 1.165) is 30.1 Å². The molecule has 110 valence electrons. The molecule has 0 atom stereocenters. The van der Waals surface area contributed by atoms with Crippen LogP contribution in [0.3, 0.4) is 0 Å². The normalized spacial score (nSPS) is 24.2. The molecule has 0 aromatic rings. The molecule has 0 spiro atoms. The minimum Gasteiger partial charge on any atom is -0.378 e. The zero-order valence-electron chi connectivity index (χ0n) is 11.4. The van der Waals surface area contributed by atoms with Crippen molar-refractivity contribution in [1.29, 1.82) is 0 Å². The van der Waals surface area contributed by atoms with Gasteiger partial charge < -0.3 is 4.90 Å². The number of carbonyl (C=O) groups excluding carboxylic acids is 1. The summed E-state index contributed by atoms with van der Waals surface area (Å²) in [5, 5.41) is 4.21. The van der Waals surface area contributed by atoms with Crippen LogP contribution in [0.5, 0.6) is 0 Å². The zero-order valence-corrected chi connectivity index (χ0v) is 11.4. The number of nitrogens with zero attached hydrogens (tertiary/aromatic N) is 3. The van der Waals surface area contributed by atoms with Crippen molar-refractivity contribution in [3.8, 4) is 0 Å². The molecule has 0 saturated carbocycles. The van der Waals surface area contributed by atoms with Crippen molar-refractivity contribution in [2.45, 2.75) is 25.9 Å². The Labute approximate surface area is 115 Å². The lowest BCUT2D eigenvalue weighted by Crippen LogP contribution is -2.25. The standard InChI is InChI=1S/C13H16F3N3O/c1-3-19-12(20)10(11(17-19)13(14,15)16)7-6-9-5-4-8-18(9)2/h6-7H,3-5,8H2,1-2H3/b9-6-,10-7+. The molecule has 0 N–H and O–H groups in total. The minimum atomic E-state index is -4.62. The SMILES string of the molecule is CCN1N=C(C(F)(F)F)/C(=C\C=C2\CCCN2C)C1=O. The molecule has 0 unspecified atom stereocenters. The van der Waals surface area contributed by atoms with E-state index in [1.54, 1.807) is 13.0 Å². The van der Waals surface area contributed by atoms with Gasteiger partial charge in [0.15, 0.2) is 5.71 Å². The summed E-state index contributed by atoms with van der Waals surface area (Å²) in [4.78, 5) is 13.9. The fourth-order valence-electron chi connectivity index (χ4n) is 2.26. The Hall–Kier alpha value is -1.79. The topological polar surface area (TPSA) is 35.9 Å². The Morgan fingerprint density at radius 2 is 2.05 bits per heavy atom. The second-order valence-corrected chi connectivity index (χ2v) is 4.73. The van der Waals surface area contributed by atoms with Gasteiger partial charge in [0, 0.05) is 25.8 Å². The monoisotopic (exact) mass is 287 g/mol. The maximum absolute atomic E-state index is 12.9. The maximum atomic E-state index is 12.9. The van der Waals surface area contributed by atoms with Crippen molar-refractivity contribution in [3.63, 3.8) is 0 Å². The van der Waals surface area contributed by atoms with E-state index in [4.69, 9.17) is 0 Å². The van der Waals surface area contributed by atoms with E-state index in [-0.39, 0.29) is 12.1 Å². The number of hydrazone groups is 1. The van der Waals surface area contributed by atoms with Crippen LogP contribution in [0.15, 0.2) is 28.5 Å². The first-order valence-electron chi connectivity index (χ1n) is 6.44. The molecule has 0 aromatic carbocycles. The number of allylic oxidation sites excluding steroid dienone is 3. The number of likely N-dealkylation sites (N-methyl/N-ethyl adjacent to an activating group) is 1. The number of likely N-dealkylation sites (tertiary alicyclic amines) is 1. The van der Waals surface area contributed by atoms with E-state index in [1.165, 1.54) is 6.08 Å². The Morgan fingerprint density at radius 1 is 1.35 bits per heavy atom. The van der Waals surface area contributed by atoms with Gasteiger partial charge in [0.2, 0.25) is 0 Å². The first kappa shape index (κ1) is 14.6. The molecule has 0 radical (unpaired) electrons. The zero-order chi connectivity index (χ0) is 14.9. The molecule has 7 heteroatoms. The van der Waals surface area contributed by atoms with Crippen LogP contribution in [-0.4, -0.2) is 47.8 Å². The number of rotatable bonds is 2. The Balaban J connectivity index is 2.33. The molecule has 20 heavy (non-hydrogen) atoms. The predicted molar refractivity (Wildman–Crippen MR) is 68.9 cm³/mol. The molecule has 0 bridgehead atoms. The summed E-state index contributed by atoms with van der Waals surface area (Å²) in [7, 11) is 1.88. The Morgan fingerprint density at radius 3 is 2.55 bits per heavy atom. The van der Waals surface area contributed by atoms with Gasteiger partial charge in [-0.3, -0.25) is 4.79 Å². The van der Waals surface area contributed by atoms with Gasteiger partial charge in [0.1, 0.15) is 0 Å². The molecule has 2 rings (SSSR count). The van der Waals surface area contributed by atoms with Crippen LogP contribution in [0.2, 0.25) is 0 Å². The lowest BCUT2D eigenvalue weighted by Gasteiger charge is -2.11. The van der Waals surface area contributed by atoms with Crippen molar-refractivity contribution in [3.05, 3.63) is 23.4 Å². The quantitative estimate of drug-likeness (QED) is 0.731. The molecular weight excluding hydrogens is 271 g/mol. The van der Waals surface area contributed by atoms with E-state index in [9.17, 15) is 18.0 Å². The van der Waals surface area contributed by atoms with Crippen molar-refractivity contribution in [1.82, 2.24) is 9.91 Å².